The Labute approximate surface area is 383 Å². The largest absolute Gasteiger partial charge is 0.456 e. The summed E-state index contributed by atoms with van der Waals surface area (Å²) in [5, 5.41) is 11.5. The van der Waals surface area contributed by atoms with Crippen molar-refractivity contribution < 1.29 is 4.42 Å². The van der Waals surface area contributed by atoms with Gasteiger partial charge >= 0.3 is 0 Å². The van der Waals surface area contributed by atoms with E-state index in [-0.39, 0.29) is 0 Å². The highest BCUT2D eigenvalue weighted by molar-refractivity contribution is 7.77. The van der Waals surface area contributed by atoms with Crippen molar-refractivity contribution in [3.05, 3.63) is 222 Å². The lowest BCUT2D eigenvalue weighted by Gasteiger charge is -2.25. The van der Waals surface area contributed by atoms with E-state index in [0.29, 0.717) is 0 Å². The number of hydrogen-bond donors (Lipinski definition) is 0. The van der Waals surface area contributed by atoms with Crippen molar-refractivity contribution in [2.75, 3.05) is 0 Å². The van der Waals surface area contributed by atoms with Crippen LogP contribution >= 0.6 is 7.92 Å². The molecule has 0 amide bonds. The van der Waals surface area contributed by atoms with Crippen LogP contribution in [0.5, 0.6) is 0 Å². The van der Waals surface area contributed by atoms with E-state index < -0.39 is 7.92 Å². The van der Waals surface area contributed by atoms with Gasteiger partial charge in [-0.2, -0.15) is 0 Å². The lowest BCUT2D eigenvalue weighted by molar-refractivity contribution is 0.669. The van der Waals surface area contributed by atoms with Crippen LogP contribution in [0.2, 0.25) is 0 Å². The SMILES string of the molecule is C1=CCC=1c1c2c(c(-c3ccccc3)c3ccccc13)-c1cccc3c1c-2cc1oc2ccc(P(C4=CCC=C4c4ccccc4)c4ccccc4-c4ccccc4)cc2c13.CC.CC. The highest BCUT2D eigenvalue weighted by Gasteiger charge is 2.34. The fourth-order valence-corrected chi connectivity index (χ4v) is 13.1. The third-order valence-corrected chi connectivity index (χ3v) is 15.6. The van der Waals surface area contributed by atoms with Crippen LogP contribution in [0.15, 0.2) is 216 Å². The average molecular weight is 853 g/mol. The molecule has 9 aromatic carbocycles. The summed E-state index contributed by atoms with van der Waals surface area (Å²) < 4.78 is 6.99. The molecule has 312 valence electrons. The predicted molar refractivity (Wildman–Crippen MR) is 283 cm³/mol. The highest BCUT2D eigenvalue weighted by atomic mass is 31.1. The van der Waals surface area contributed by atoms with Crippen molar-refractivity contribution in [1.82, 2.24) is 0 Å². The van der Waals surface area contributed by atoms with E-state index in [0.717, 1.165) is 24.0 Å². The van der Waals surface area contributed by atoms with Crippen molar-refractivity contribution in [1.29, 1.82) is 0 Å². The van der Waals surface area contributed by atoms with Gasteiger partial charge in [-0.3, -0.25) is 0 Å². The Morgan fingerprint density at radius 3 is 1.75 bits per heavy atom. The van der Waals surface area contributed by atoms with Gasteiger partial charge in [-0.1, -0.05) is 204 Å². The lowest BCUT2D eigenvalue weighted by atomic mass is 9.81. The van der Waals surface area contributed by atoms with E-state index >= 15 is 0 Å². The predicted octanol–water partition coefficient (Wildman–Crippen LogP) is 17.7. The molecule has 0 bridgehead atoms. The molecule has 0 N–H and O–H groups in total. The van der Waals surface area contributed by atoms with Gasteiger partial charge in [0.25, 0.3) is 0 Å². The fraction of sp³-hybridized carbons (Fsp3) is 0.0952. The van der Waals surface area contributed by atoms with Crippen LogP contribution in [0.1, 0.15) is 51.7 Å². The first kappa shape index (κ1) is 40.5. The van der Waals surface area contributed by atoms with E-state index in [4.69, 9.17) is 4.42 Å². The molecule has 1 atom stereocenters. The third kappa shape index (κ3) is 6.50. The smallest absolute Gasteiger partial charge is 0.136 e. The maximum Gasteiger partial charge on any atom is 0.136 e. The first-order valence-corrected chi connectivity index (χ1v) is 24.6. The van der Waals surface area contributed by atoms with Crippen molar-refractivity contribution in [3.63, 3.8) is 0 Å². The monoisotopic (exact) mass is 852 g/mol. The first-order valence-electron chi connectivity index (χ1n) is 23.2. The van der Waals surface area contributed by atoms with Gasteiger partial charge in [0.2, 0.25) is 0 Å². The van der Waals surface area contributed by atoms with Crippen LogP contribution in [0.25, 0.3) is 99.1 Å². The number of allylic oxidation sites excluding steroid dienone is 5. The Kier molecular flexibility index (Phi) is 10.6. The second kappa shape index (κ2) is 17.0. The molecule has 0 fully saturated rings. The molecule has 0 aliphatic heterocycles. The molecule has 1 unspecified atom stereocenters. The molecule has 0 saturated carbocycles. The summed E-state index contributed by atoms with van der Waals surface area (Å²) in [6, 6.07) is 67.1. The Hall–Kier alpha value is -7.27. The van der Waals surface area contributed by atoms with Gasteiger partial charge in [0, 0.05) is 28.3 Å². The van der Waals surface area contributed by atoms with Gasteiger partial charge in [-0.15, -0.1) is 5.73 Å². The fourth-order valence-electron chi connectivity index (χ4n) is 10.4. The van der Waals surface area contributed by atoms with Crippen molar-refractivity contribution in [2.24, 2.45) is 0 Å². The van der Waals surface area contributed by atoms with E-state index in [1.165, 1.54) is 115 Å². The number of hydrogen-bond acceptors (Lipinski definition) is 1. The molecule has 1 heterocycles. The Morgan fingerprint density at radius 1 is 0.446 bits per heavy atom. The minimum atomic E-state index is -0.967. The molecule has 65 heavy (non-hydrogen) atoms. The maximum absolute atomic E-state index is 6.99. The highest BCUT2D eigenvalue weighted by Crippen LogP contribution is 2.59. The summed E-state index contributed by atoms with van der Waals surface area (Å²) in [4.78, 5) is 0. The summed E-state index contributed by atoms with van der Waals surface area (Å²) >= 11 is 0. The number of rotatable bonds is 7. The molecule has 0 radical (unpaired) electrons. The maximum atomic E-state index is 6.99. The van der Waals surface area contributed by atoms with Gasteiger partial charge < -0.3 is 4.42 Å². The number of furan rings is 1. The Morgan fingerprint density at radius 2 is 1.05 bits per heavy atom. The molecule has 13 rings (SSSR count). The summed E-state index contributed by atoms with van der Waals surface area (Å²) in [7, 11) is -0.967. The zero-order valence-corrected chi connectivity index (χ0v) is 38.2. The second-order valence-corrected chi connectivity index (χ2v) is 18.4. The van der Waals surface area contributed by atoms with Crippen molar-refractivity contribution >= 4 is 73.2 Å². The molecular formula is C63H49OP. The van der Waals surface area contributed by atoms with E-state index in [9.17, 15) is 0 Å². The minimum absolute atomic E-state index is 0.919. The van der Waals surface area contributed by atoms with Crippen LogP contribution in [-0.4, -0.2) is 0 Å². The second-order valence-electron chi connectivity index (χ2n) is 16.3. The van der Waals surface area contributed by atoms with Crippen LogP contribution in [0.4, 0.5) is 0 Å². The quantitative estimate of drug-likeness (QED) is 0.115. The van der Waals surface area contributed by atoms with Crippen LogP contribution in [0.3, 0.4) is 0 Å². The standard InChI is InChI=1S/C59H37OP.2C2H6/c1-4-17-37(18-5-1)42-25-12-13-31-52(42)61(53-32-16-28-43(53)38-19-6-2-7-20-38)41-33-34-50-48(35-41)57-46-29-15-30-47-56(46)49(36-51(57)60-50)59-55(40-23-14-24-40)45-27-11-10-26-44(45)54(58(47)59)39-21-8-3-9-22-39;2*1-2/h1-15,17-22,25-36H,16,23H2;2*1-2H3. The summed E-state index contributed by atoms with van der Waals surface area (Å²) in [5.74, 6) is 0. The van der Waals surface area contributed by atoms with E-state index in [2.05, 4.69) is 206 Å². The van der Waals surface area contributed by atoms with Gasteiger partial charge in [0.15, 0.2) is 0 Å². The van der Waals surface area contributed by atoms with E-state index in [1.54, 1.807) is 0 Å². The molecule has 1 aromatic heterocycles. The number of fused-ring (bicyclic) bond motifs is 8. The normalized spacial score (nSPS) is 13.6. The van der Waals surface area contributed by atoms with Gasteiger partial charge in [0.1, 0.15) is 11.2 Å². The third-order valence-electron chi connectivity index (χ3n) is 13.0. The molecule has 3 aliphatic rings. The molecule has 1 nitrogen and oxygen atoms in total. The lowest BCUT2D eigenvalue weighted by Crippen LogP contribution is -2.15. The van der Waals surface area contributed by atoms with Crippen LogP contribution in [-0.2, 0) is 0 Å². The number of benzene rings is 9. The van der Waals surface area contributed by atoms with Crippen LogP contribution < -0.4 is 10.6 Å². The van der Waals surface area contributed by atoms with Gasteiger partial charge in [-0.05, 0) is 132 Å². The zero-order valence-electron chi connectivity index (χ0n) is 37.3. The van der Waals surface area contributed by atoms with Crippen LogP contribution in [0, 0.1) is 0 Å². The Bertz CT molecular complexity index is 3600. The average Bonchev–Trinajstić information content (AvgIpc) is 4.09. The topological polar surface area (TPSA) is 13.1 Å². The molecule has 0 saturated heterocycles. The summed E-state index contributed by atoms with van der Waals surface area (Å²) in [5.41, 5.74) is 20.8. The van der Waals surface area contributed by atoms with E-state index in [1.807, 2.05) is 27.7 Å². The summed E-state index contributed by atoms with van der Waals surface area (Å²) in [6.07, 6.45) is 8.89. The van der Waals surface area contributed by atoms with Gasteiger partial charge in [0.05, 0.1) is 0 Å². The zero-order chi connectivity index (χ0) is 44.0. The molecule has 0 spiro atoms. The minimum Gasteiger partial charge on any atom is -0.456 e. The molecule has 2 heteroatoms. The van der Waals surface area contributed by atoms with Crippen molar-refractivity contribution in [3.8, 4) is 44.5 Å². The molecule has 10 aromatic rings. The van der Waals surface area contributed by atoms with Gasteiger partial charge in [-0.25, -0.2) is 0 Å². The molecular weight excluding hydrogens is 804 g/mol. The van der Waals surface area contributed by atoms with Crippen molar-refractivity contribution in [2.45, 2.75) is 40.5 Å². The molecule has 3 aliphatic carbocycles. The first-order chi connectivity index (χ1) is 32.3. The Balaban J connectivity index is 0.00000114. The summed E-state index contributed by atoms with van der Waals surface area (Å²) in [6.45, 7) is 8.00.